The molecule has 2 nitrogen and oxygen atoms in total. The van der Waals surface area contributed by atoms with Gasteiger partial charge in [-0.2, -0.15) is 0 Å². The number of nitrogens with zero attached hydrogens (tertiary/aromatic N) is 1. The first-order chi connectivity index (χ1) is 9.37. The van der Waals surface area contributed by atoms with Crippen molar-refractivity contribution in [2.24, 2.45) is 10.8 Å². The SMILES string of the molecule is CC1(C)C[C@@H]2C[C@@](C)(CN2C[C@@H](O)c2ccccc2)C1. The molecule has 3 atom stereocenters. The smallest absolute Gasteiger partial charge is 0.0917 e. The van der Waals surface area contributed by atoms with Gasteiger partial charge in [0.15, 0.2) is 0 Å². The van der Waals surface area contributed by atoms with Gasteiger partial charge in [0, 0.05) is 19.1 Å². The second kappa shape index (κ2) is 4.85. The summed E-state index contributed by atoms with van der Waals surface area (Å²) in [6, 6.07) is 10.7. The number of hydrogen-bond acceptors (Lipinski definition) is 2. The Hall–Kier alpha value is -0.860. The fourth-order valence-electron chi connectivity index (χ4n) is 4.79. The molecule has 0 spiro atoms. The van der Waals surface area contributed by atoms with Gasteiger partial charge in [-0.25, -0.2) is 0 Å². The average Bonchev–Trinajstić information content (AvgIpc) is 2.59. The van der Waals surface area contributed by atoms with Gasteiger partial charge < -0.3 is 5.11 Å². The van der Waals surface area contributed by atoms with Crippen molar-refractivity contribution in [1.29, 1.82) is 0 Å². The molecule has 20 heavy (non-hydrogen) atoms. The molecule has 0 amide bonds. The van der Waals surface area contributed by atoms with Crippen molar-refractivity contribution in [3.05, 3.63) is 35.9 Å². The van der Waals surface area contributed by atoms with E-state index >= 15 is 0 Å². The number of β-amino-alcohol motifs (C(OH)–C–C–N with tert-alkyl or cyclic N) is 1. The fourth-order valence-corrected chi connectivity index (χ4v) is 4.79. The molecule has 1 N–H and O–H groups in total. The summed E-state index contributed by atoms with van der Waals surface area (Å²) in [6.07, 6.45) is 3.53. The molecule has 1 heterocycles. The summed E-state index contributed by atoms with van der Waals surface area (Å²) < 4.78 is 0. The van der Waals surface area contributed by atoms with Gasteiger partial charge in [-0.1, -0.05) is 51.1 Å². The van der Waals surface area contributed by atoms with E-state index in [9.17, 15) is 5.11 Å². The maximum atomic E-state index is 10.5. The zero-order valence-electron chi connectivity index (χ0n) is 13.0. The number of aliphatic hydroxyl groups is 1. The lowest BCUT2D eigenvalue weighted by Gasteiger charge is -2.40. The Labute approximate surface area is 122 Å². The molecule has 110 valence electrons. The molecule has 2 aliphatic rings. The molecule has 1 saturated heterocycles. The van der Waals surface area contributed by atoms with Crippen molar-refractivity contribution in [1.82, 2.24) is 4.90 Å². The van der Waals surface area contributed by atoms with Crippen LogP contribution in [0, 0.1) is 10.8 Å². The van der Waals surface area contributed by atoms with Gasteiger partial charge in [-0.05, 0) is 35.7 Å². The maximum absolute atomic E-state index is 10.5. The van der Waals surface area contributed by atoms with Crippen molar-refractivity contribution in [2.75, 3.05) is 13.1 Å². The van der Waals surface area contributed by atoms with Crippen molar-refractivity contribution < 1.29 is 5.11 Å². The molecule has 3 rings (SSSR count). The van der Waals surface area contributed by atoms with E-state index in [0.29, 0.717) is 16.9 Å². The molecular formula is C18H27NO. The third-order valence-corrected chi connectivity index (χ3v) is 5.11. The molecule has 0 aromatic heterocycles. The molecule has 1 saturated carbocycles. The highest BCUT2D eigenvalue weighted by atomic mass is 16.3. The monoisotopic (exact) mass is 273 g/mol. The Balaban J connectivity index is 1.70. The summed E-state index contributed by atoms with van der Waals surface area (Å²) in [5.41, 5.74) is 1.94. The highest BCUT2D eigenvalue weighted by molar-refractivity contribution is 5.18. The Kier molecular flexibility index (Phi) is 3.42. The van der Waals surface area contributed by atoms with Gasteiger partial charge >= 0.3 is 0 Å². The molecule has 0 unspecified atom stereocenters. The van der Waals surface area contributed by atoms with Crippen molar-refractivity contribution in [2.45, 2.75) is 52.2 Å². The second-order valence-electron chi connectivity index (χ2n) is 8.07. The Morgan fingerprint density at radius 1 is 1.20 bits per heavy atom. The van der Waals surface area contributed by atoms with E-state index < -0.39 is 0 Å². The topological polar surface area (TPSA) is 23.5 Å². The third kappa shape index (κ3) is 2.77. The molecule has 2 fully saturated rings. The lowest BCUT2D eigenvalue weighted by Crippen LogP contribution is -2.36. The van der Waals surface area contributed by atoms with E-state index in [4.69, 9.17) is 0 Å². The number of rotatable bonds is 3. The van der Waals surface area contributed by atoms with Gasteiger partial charge in [-0.3, -0.25) is 4.90 Å². The van der Waals surface area contributed by atoms with Crippen LogP contribution in [-0.2, 0) is 0 Å². The standard InChI is InChI=1S/C18H27NO/c1-17(2)9-15-10-18(3,12-17)13-19(15)11-16(20)14-7-5-4-6-8-14/h4-8,15-16,20H,9-13H2,1-3H3/t15-,16-,18-/m1/s1. The summed E-state index contributed by atoms with van der Waals surface area (Å²) >= 11 is 0. The van der Waals surface area contributed by atoms with Crippen LogP contribution >= 0.6 is 0 Å². The molecule has 2 heteroatoms. The van der Waals surface area contributed by atoms with Gasteiger partial charge in [-0.15, -0.1) is 0 Å². The van der Waals surface area contributed by atoms with Gasteiger partial charge in [0.05, 0.1) is 6.10 Å². The van der Waals surface area contributed by atoms with Gasteiger partial charge in [0.2, 0.25) is 0 Å². The molecule has 1 aromatic carbocycles. The van der Waals surface area contributed by atoms with Crippen LogP contribution in [0.1, 0.15) is 51.7 Å². The van der Waals surface area contributed by atoms with Crippen LogP contribution in [-0.4, -0.2) is 29.1 Å². The zero-order valence-corrected chi connectivity index (χ0v) is 13.0. The molecule has 1 aromatic rings. The lowest BCUT2D eigenvalue weighted by molar-refractivity contribution is 0.0921. The van der Waals surface area contributed by atoms with Crippen LogP contribution in [0.5, 0.6) is 0 Å². The molecular weight excluding hydrogens is 246 g/mol. The van der Waals surface area contributed by atoms with Crippen LogP contribution in [0.3, 0.4) is 0 Å². The largest absolute Gasteiger partial charge is 0.387 e. The minimum absolute atomic E-state index is 0.359. The molecule has 0 radical (unpaired) electrons. The second-order valence-corrected chi connectivity index (χ2v) is 8.07. The Morgan fingerprint density at radius 2 is 1.90 bits per heavy atom. The van der Waals surface area contributed by atoms with E-state index in [1.54, 1.807) is 0 Å². The fraction of sp³-hybridized carbons (Fsp3) is 0.667. The normalized spacial score (nSPS) is 34.1. The van der Waals surface area contributed by atoms with E-state index in [2.05, 4.69) is 25.7 Å². The number of benzene rings is 1. The maximum Gasteiger partial charge on any atom is 0.0917 e. The predicted octanol–water partition coefficient (Wildman–Crippen LogP) is 3.62. The summed E-state index contributed by atoms with van der Waals surface area (Å²) in [6.45, 7) is 9.14. The number of hydrogen-bond donors (Lipinski definition) is 1. The minimum Gasteiger partial charge on any atom is -0.387 e. The highest BCUT2D eigenvalue weighted by Gasteiger charge is 2.49. The van der Waals surface area contributed by atoms with Gasteiger partial charge in [0.25, 0.3) is 0 Å². The van der Waals surface area contributed by atoms with Crippen molar-refractivity contribution >= 4 is 0 Å². The van der Waals surface area contributed by atoms with Crippen LogP contribution in [0.2, 0.25) is 0 Å². The highest BCUT2D eigenvalue weighted by Crippen LogP contribution is 2.52. The quantitative estimate of drug-likeness (QED) is 0.909. The number of aliphatic hydroxyl groups excluding tert-OH is 1. The first kappa shape index (κ1) is 14.1. The van der Waals surface area contributed by atoms with E-state index in [1.807, 2.05) is 30.3 Å². The first-order valence-corrected chi connectivity index (χ1v) is 7.84. The van der Waals surface area contributed by atoms with Crippen LogP contribution in [0.25, 0.3) is 0 Å². The molecule has 1 aliphatic heterocycles. The van der Waals surface area contributed by atoms with Crippen LogP contribution < -0.4 is 0 Å². The zero-order chi connectivity index (χ0) is 14.4. The van der Waals surface area contributed by atoms with Gasteiger partial charge in [0.1, 0.15) is 0 Å². The summed E-state index contributed by atoms with van der Waals surface area (Å²) in [7, 11) is 0. The summed E-state index contributed by atoms with van der Waals surface area (Å²) in [5, 5.41) is 10.5. The summed E-state index contributed by atoms with van der Waals surface area (Å²) in [4.78, 5) is 2.53. The van der Waals surface area contributed by atoms with E-state index in [-0.39, 0.29) is 6.10 Å². The first-order valence-electron chi connectivity index (χ1n) is 7.84. The Bertz CT molecular complexity index is 470. The van der Waals surface area contributed by atoms with Crippen LogP contribution in [0.4, 0.5) is 0 Å². The third-order valence-electron chi connectivity index (χ3n) is 5.11. The van der Waals surface area contributed by atoms with Crippen molar-refractivity contribution in [3.63, 3.8) is 0 Å². The average molecular weight is 273 g/mol. The molecule has 2 bridgehead atoms. The van der Waals surface area contributed by atoms with Crippen molar-refractivity contribution in [3.8, 4) is 0 Å². The lowest BCUT2D eigenvalue weighted by atomic mass is 9.65. The van der Waals surface area contributed by atoms with Crippen LogP contribution in [0.15, 0.2) is 30.3 Å². The number of likely N-dealkylation sites (tertiary alicyclic amines) is 1. The van der Waals surface area contributed by atoms with E-state index in [0.717, 1.165) is 18.7 Å². The number of fused-ring (bicyclic) bond motifs is 2. The summed E-state index contributed by atoms with van der Waals surface area (Å²) in [5.74, 6) is 0. The molecule has 1 aliphatic carbocycles. The minimum atomic E-state index is -0.359. The predicted molar refractivity (Wildman–Crippen MR) is 82.5 cm³/mol. The Morgan fingerprint density at radius 3 is 2.60 bits per heavy atom. The van der Waals surface area contributed by atoms with E-state index in [1.165, 1.54) is 19.3 Å².